The Bertz CT molecular complexity index is 699. The van der Waals surface area contributed by atoms with E-state index < -0.39 is 15.9 Å². The minimum Gasteiger partial charge on any atom is -0.330 e. The van der Waals surface area contributed by atoms with E-state index in [9.17, 15) is 13.2 Å². The lowest BCUT2D eigenvalue weighted by Crippen LogP contribution is -2.42. The van der Waals surface area contributed by atoms with Crippen molar-refractivity contribution < 1.29 is 13.2 Å². The molecule has 3 rings (SSSR count). The van der Waals surface area contributed by atoms with Crippen LogP contribution in [0.2, 0.25) is 0 Å². The Morgan fingerprint density at radius 1 is 1.12 bits per heavy atom. The van der Waals surface area contributed by atoms with Crippen LogP contribution in [0.4, 0.5) is 4.79 Å². The smallest absolute Gasteiger partial charge is 0.317 e. The number of rotatable bonds is 5. The van der Waals surface area contributed by atoms with E-state index in [0.717, 1.165) is 31.0 Å². The number of hydrogen-bond acceptors (Lipinski definition) is 3. The monoisotopic (exact) mass is 378 g/mol. The van der Waals surface area contributed by atoms with Crippen LogP contribution in [0.3, 0.4) is 0 Å². The summed E-state index contributed by atoms with van der Waals surface area (Å²) in [5.74, 6) is 1.27. The van der Waals surface area contributed by atoms with Gasteiger partial charge in [0.05, 0.1) is 11.8 Å². The molecule has 6 heteroatoms. The lowest BCUT2D eigenvalue weighted by molar-refractivity contribution is 0.197. The molecule has 0 bridgehead atoms. The van der Waals surface area contributed by atoms with Crippen LogP contribution in [-0.2, 0) is 9.84 Å². The number of likely N-dealkylation sites (tertiary alicyclic amines) is 1. The highest BCUT2D eigenvalue weighted by molar-refractivity contribution is 7.90. The first kappa shape index (κ1) is 19.2. The molecule has 1 heterocycles. The normalized spacial score (nSPS) is 23.0. The van der Waals surface area contributed by atoms with Crippen LogP contribution in [0, 0.1) is 11.8 Å². The van der Waals surface area contributed by atoms with E-state index in [-0.39, 0.29) is 11.8 Å². The van der Waals surface area contributed by atoms with Crippen LogP contribution < -0.4 is 5.32 Å². The van der Waals surface area contributed by atoms with Crippen molar-refractivity contribution in [1.82, 2.24) is 10.2 Å². The van der Waals surface area contributed by atoms with Gasteiger partial charge in [0.1, 0.15) is 9.84 Å². The van der Waals surface area contributed by atoms with E-state index in [2.05, 4.69) is 5.32 Å². The van der Waals surface area contributed by atoms with Crippen molar-refractivity contribution in [2.45, 2.75) is 44.6 Å². The van der Waals surface area contributed by atoms with Crippen molar-refractivity contribution in [2.24, 2.45) is 11.8 Å². The summed E-state index contributed by atoms with van der Waals surface area (Å²) in [6, 6.07) is 8.71. The van der Waals surface area contributed by atoms with Gasteiger partial charge in [-0.3, -0.25) is 0 Å². The zero-order chi connectivity index (χ0) is 18.6. The average Bonchev–Trinajstić information content (AvgIpc) is 3.12. The molecule has 1 N–H and O–H groups in total. The third-order valence-electron chi connectivity index (χ3n) is 5.80. The van der Waals surface area contributed by atoms with Crippen LogP contribution in [0.1, 0.15) is 50.1 Å². The number of nitrogens with one attached hydrogen (secondary N) is 1. The van der Waals surface area contributed by atoms with Gasteiger partial charge in [0, 0.05) is 19.3 Å². The largest absolute Gasteiger partial charge is 0.330 e. The second kappa shape index (κ2) is 8.42. The number of benzene rings is 1. The zero-order valence-corrected chi connectivity index (χ0v) is 16.4. The molecule has 1 aliphatic carbocycles. The van der Waals surface area contributed by atoms with Crippen molar-refractivity contribution in [3.05, 3.63) is 35.9 Å². The number of amides is 2. The molecule has 0 spiro atoms. The van der Waals surface area contributed by atoms with E-state index in [0.29, 0.717) is 5.92 Å². The van der Waals surface area contributed by atoms with E-state index >= 15 is 0 Å². The minimum atomic E-state index is -3.20. The van der Waals surface area contributed by atoms with Crippen molar-refractivity contribution in [1.29, 1.82) is 0 Å². The summed E-state index contributed by atoms with van der Waals surface area (Å²) < 4.78 is 23.6. The highest BCUT2D eigenvalue weighted by Crippen LogP contribution is 2.35. The molecule has 0 radical (unpaired) electrons. The van der Waals surface area contributed by atoms with E-state index in [1.807, 2.05) is 35.2 Å². The van der Waals surface area contributed by atoms with E-state index in [1.54, 1.807) is 0 Å². The topological polar surface area (TPSA) is 66.5 Å². The van der Waals surface area contributed by atoms with Crippen molar-refractivity contribution in [3.8, 4) is 0 Å². The number of hydrogen-bond donors (Lipinski definition) is 1. The number of sulfone groups is 1. The summed E-state index contributed by atoms with van der Waals surface area (Å²) in [6.07, 6.45) is 8.85. The lowest BCUT2D eigenvalue weighted by atomic mass is 9.80. The molecule has 0 aromatic heterocycles. The quantitative estimate of drug-likeness (QED) is 0.854. The average molecular weight is 379 g/mol. The first-order valence-corrected chi connectivity index (χ1v) is 11.8. The molecule has 1 saturated carbocycles. The molecule has 2 aliphatic rings. The van der Waals surface area contributed by atoms with Gasteiger partial charge in [-0.25, -0.2) is 13.2 Å². The molecule has 2 unspecified atom stereocenters. The van der Waals surface area contributed by atoms with Crippen molar-refractivity contribution in [3.63, 3.8) is 0 Å². The van der Waals surface area contributed by atoms with Gasteiger partial charge >= 0.3 is 6.03 Å². The van der Waals surface area contributed by atoms with Crippen molar-refractivity contribution in [2.75, 3.05) is 25.1 Å². The Morgan fingerprint density at radius 2 is 1.81 bits per heavy atom. The van der Waals surface area contributed by atoms with Crippen LogP contribution in [0.5, 0.6) is 0 Å². The molecule has 1 aromatic rings. The summed E-state index contributed by atoms with van der Waals surface area (Å²) in [7, 11) is -3.20. The highest BCUT2D eigenvalue weighted by Gasteiger charge is 2.33. The van der Waals surface area contributed by atoms with E-state index in [1.165, 1.54) is 38.4 Å². The third-order valence-corrected chi connectivity index (χ3v) is 6.74. The predicted molar refractivity (Wildman–Crippen MR) is 104 cm³/mol. The van der Waals surface area contributed by atoms with Crippen LogP contribution in [0.25, 0.3) is 0 Å². The number of carbonyl (C=O) groups excluding carboxylic acids is 1. The molecule has 2 amide bonds. The van der Waals surface area contributed by atoms with Crippen LogP contribution in [-0.4, -0.2) is 44.4 Å². The number of nitrogens with zero attached hydrogens (tertiary/aromatic N) is 1. The zero-order valence-electron chi connectivity index (χ0n) is 15.6. The van der Waals surface area contributed by atoms with Gasteiger partial charge in [-0.2, -0.15) is 0 Å². The standard InChI is InChI=1S/C20H30N2O3S/c1-26(24,25)15-19(17-10-6-3-7-11-17)21-20(23)22-13-12-18(14-22)16-8-4-2-5-9-16/h3,6-7,10-11,16,18-19H,2,4-5,8-9,12-15H2,1H3,(H,21,23). The second-order valence-corrected chi connectivity index (χ2v) is 10.1. The Morgan fingerprint density at radius 3 is 2.46 bits per heavy atom. The summed E-state index contributed by atoms with van der Waals surface area (Å²) in [6.45, 7) is 1.57. The predicted octanol–water partition coefficient (Wildman–Crippen LogP) is 3.38. The molecule has 2 fully saturated rings. The third kappa shape index (κ3) is 5.22. The highest BCUT2D eigenvalue weighted by atomic mass is 32.2. The molecule has 144 valence electrons. The molecular formula is C20H30N2O3S. The van der Waals surface area contributed by atoms with Gasteiger partial charge in [-0.1, -0.05) is 62.4 Å². The fourth-order valence-electron chi connectivity index (χ4n) is 4.41. The fourth-order valence-corrected chi connectivity index (χ4v) is 5.29. The summed E-state index contributed by atoms with van der Waals surface area (Å²) in [5.41, 5.74) is 0.828. The molecule has 5 nitrogen and oxygen atoms in total. The molecule has 2 atom stereocenters. The summed E-state index contributed by atoms with van der Waals surface area (Å²) >= 11 is 0. The maximum absolute atomic E-state index is 12.8. The molecule has 1 aromatic carbocycles. The first-order chi connectivity index (χ1) is 12.4. The maximum atomic E-state index is 12.8. The SMILES string of the molecule is CS(=O)(=O)CC(NC(=O)N1CCC(C2CCCCC2)C1)c1ccccc1. The Labute approximate surface area is 157 Å². The second-order valence-electron chi connectivity index (χ2n) is 7.90. The summed E-state index contributed by atoms with van der Waals surface area (Å²) in [4.78, 5) is 14.6. The molecule has 1 aliphatic heterocycles. The van der Waals surface area contributed by atoms with Crippen molar-refractivity contribution >= 4 is 15.9 Å². The van der Waals surface area contributed by atoms with Gasteiger partial charge in [0.25, 0.3) is 0 Å². The summed E-state index contributed by atoms with van der Waals surface area (Å²) in [5, 5.41) is 2.96. The van der Waals surface area contributed by atoms with Crippen LogP contribution in [0.15, 0.2) is 30.3 Å². The molecule has 1 saturated heterocycles. The van der Waals surface area contributed by atoms with Gasteiger partial charge < -0.3 is 10.2 Å². The number of urea groups is 1. The molecular weight excluding hydrogens is 348 g/mol. The fraction of sp³-hybridized carbons (Fsp3) is 0.650. The first-order valence-electron chi connectivity index (χ1n) is 9.70. The Hall–Kier alpha value is -1.56. The maximum Gasteiger partial charge on any atom is 0.317 e. The molecule has 26 heavy (non-hydrogen) atoms. The lowest BCUT2D eigenvalue weighted by Gasteiger charge is -2.28. The Kier molecular flexibility index (Phi) is 6.22. The van der Waals surface area contributed by atoms with E-state index in [4.69, 9.17) is 0 Å². The van der Waals surface area contributed by atoms with Crippen LogP contribution >= 0.6 is 0 Å². The Balaban J connectivity index is 1.62. The van der Waals surface area contributed by atoms with Gasteiger partial charge in [0.2, 0.25) is 0 Å². The van der Waals surface area contributed by atoms with Gasteiger partial charge in [-0.05, 0) is 23.8 Å². The number of carbonyl (C=O) groups is 1. The van der Waals surface area contributed by atoms with Gasteiger partial charge in [0.15, 0.2) is 0 Å². The minimum absolute atomic E-state index is 0.0807. The van der Waals surface area contributed by atoms with Gasteiger partial charge in [-0.15, -0.1) is 0 Å².